The third kappa shape index (κ3) is 6.45. The van der Waals surface area contributed by atoms with E-state index in [1.54, 1.807) is 30.3 Å². The van der Waals surface area contributed by atoms with Crippen molar-refractivity contribution < 1.29 is 35.9 Å². The number of sulfone groups is 1. The van der Waals surface area contributed by atoms with E-state index in [0.717, 1.165) is 25.1 Å². The average molecular weight is 454 g/mol. The Kier molecular flexibility index (Phi) is 8.04. The Labute approximate surface area is 178 Å². The lowest BCUT2D eigenvalue weighted by Gasteiger charge is -2.23. The highest BCUT2D eigenvalue weighted by molar-refractivity contribution is 7.95. The van der Waals surface area contributed by atoms with Gasteiger partial charge >= 0.3 is 12.1 Å². The van der Waals surface area contributed by atoms with Crippen LogP contribution in [0.2, 0.25) is 0 Å². The maximum Gasteiger partial charge on any atom is 0.450 e. The van der Waals surface area contributed by atoms with Crippen molar-refractivity contribution in [3.05, 3.63) is 83.0 Å². The summed E-state index contributed by atoms with van der Waals surface area (Å²) < 4.78 is 77.9. The van der Waals surface area contributed by atoms with Gasteiger partial charge < -0.3 is 9.47 Å². The molecule has 5 nitrogen and oxygen atoms in total. The van der Waals surface area contributed by atoms with Gasteiger partial charge in [-0.25, -0.2) is 8.42 Å². The normalized spacial score (nSPS) is 14.1. The minimum Gasteiger partial charge on any atom is -0.488 e. The molecular weight excluding hydrogens is 433 g/mol. The number of halogens is 3. The van der Waals surface area contributed by atoms with E-state index >= 15 is 0 Å². The zero-order valence-corrected chi connectivity index (χ0v) is 17.6. The van der Waals surface area contributed by atoms with Crippen LogP contribution in [0.4, 0.5) is 13.2 Å². The van der Waals surface area contributed by atoms with E-state index in [1.807, 2.05) is 0 Å². The Morgan fingerprint density at radius 1 is 1.03 bits per heavy atom. The first-order valence-corrected chi connectivity index (χ1v) is 10.7. The Morgan fingerprint density at radius 2 is 1.58 bits per heavy atom. The van der Waals surface area contributed by atoms with E-state index in [0.29, 0.717) is 5.56 Å². The fraction of sp³-hybridized carbons (Fsp3) is 0.227. The minimum absolute atomic E-state index is 0.392. The topological polar surface area (TPSA) is 69.7 Å². The summed E-state index contributed by atoms with van der Waals surface area (Å²) in [4.78, 5) is 10.1. The SMILES string of the molecule is CCO/C(=C(\C(/C=C/c1ccccc1)OC(C)=O)S(=O)(=O)c1ccccc1)C(F)(F)F. The molecule has 2 aromatic rings. The molecule has 9 heteroatoms. The highest BCUT2D eigenvalue weighted by Crippen LogP contribution is 2.36. The lowest BCUT2D eigenvalue weighted by Crippen LogP contribution is -2.29. The summed E-state index contributed by atoms with van der Waals surface area (Å²) >= 11 is 0. The molecule has 0 aromatic heterocycles. The van der Waals surface area contributed by atoms with Gasteiger partial charge in [0.15, 0.2) is 6.10 Å². The van der Waals surface area contributed by atoms with Crippen LogP contribution < -0.4 is 0 Å². The van der Waals surface area contributed by atoms with Crippen LogP contribution in [0.1, 0.15) is 19.4 Å². The van der Waals surface area contributed by atoms with Crippen LogP contribution in [0.3, 0.4) is 0 Å². The third-order valence-corrected chi connectivity index (χ3v) is 5.82. The molecule has 166 valence electrons. The summed E-state index contributed by atoms with van der Waals surface area (Å²) in [5, 5.41) is 0. The molecule has 1 atom stereocenters. The number of ether oxygens (including phenoxy) is 2. The molecule has 2 aromatic carbocycles. The summed E-state index contributed by atoms with van der Waals surface area (Å²) in [5.74, 6) is -2.69. The smallest absolute Gasteiger partial charge is 0.450 e. The van der Waals surface area contributed by atoms with Gasteiger partial charge in [0.25, 0.3) is 0 Å². The van der Waals surface area contributed by atoms with Crippen molar-refractivity contribution in [1.29, 1.82) is 0 Å². The lowest BCUT2D eigenvalue weighted by atomic mass is 10.1. The molecule has 0 spiro atoms. The predicted molar refractivity (Wildman–Crippen MR) is 109 cm³/mol. The van der Waals surface area contributed by atoms with Crippen LogP contribution in [0, 0.1) is 0 Å². The molecule has 0 saturated heterocycles. The van der Waals surface area contributed by atoms with E-state index in [9.17, 15) is 26.4 Å². The Bertz CT molecular complexity index is 1040. The van der Waals surface area contributed by atoms with Crippen LogP contribution >= 0.6 is 0 Å². The number of hydrogen-bond acceptors (Lipinski definition) is 5. The third-order valence-electron chi connectivity index (χ3n) is 3.93. The van der Waals surface area contributed by atoms with Crippen LogP contribution in [0.15, 0.2) is 82.3 Å². The molecule has 0 amide bonds. The van der Waals surface area contributed by atoms with Crippen molar-refractivity contribution >= 4 is 21.9 Å². The first-order valence-electron chi connectivity index (χ1n) is 9.22. The summed E-state index contributed by atoms with van der Waals surface area (Å²) in [5.41, 5.74) is 0.570. The van der Waals surface area contributed by atoms with Crippen LogP contribution in [-0.2, 0) is 24.1 Å². The molecule has 0 radical (unpaired) electrons. The van der Waals surface area contributed by atoms with Crippen molar-refractivity contribution in [2.24, 2.45) is 0 Å². The number of rotatable bonds is 8. The number of carbonyl (C=O) groups excluding carboxylic acids is 1. The molecule has 31 heavy (non-hydrogen) atoms. The monoisotopic (exact) mass is 454 g/mol. The molecule has 2 rings (SSSR count). The number of alkyl halides is 3. The van der Waals surface area contributed by atoms with Gasteiger partial charge in [0.05, 0.1) is 11.5 Å². The van der Waals surface area contributed by atoms with Gasteiger partial charge in [-0.1, -0.05) is 54.6 Å². The first-order chi connectivity index (χ1) is 14.6. The molecule has 0 aliphatic heterocycles. The highest BCUT2D eigenvalue weighted by atomic mass is 32.2. The summed E-state index contributed by atoms with van der Waals surface area (Å²) in [6.45, 7) is 1.82. The van der Waals surface area contributed by atoms with Crippen molar-refractivity contribution in [2.45, 2.75) is 31.0 Å². The first kappa shape index (κ1) is 24.2. The van der Waals surface area contributed by atoms with E-state index in [4.69, 9.17) is 9.47 Å². The number of allylic oxidation sites excluding steroid dienone is 1. The Morgan fingerprint density at radius 3 is 2.06 bits per heavy atom. The number of esters is 1. The molecule has 0 bridgehead atoms. The molecular formula is C22H21F3O5S. The van der Waals surface area contributed by atoms with Gasteiger partial charge in [0.2, 0.25) is 15.6 Å². The number of carbonyl (C=O) groups is 1. The second-order valence-corrected chi connectivity index (χ2v) is 8.16. The zero-order valence-electron chi connectivity index (χ0n) is 16.8. The highest BCUT2D eigenvalue weighted by Gasteiger charge is 2.45. The van der Waals surface area contributed by atoms with Crippen molar-refractivity contribution in [3.63, 3.8) is 0 Å². The predicted octanol–water partition coefficient (Wildman–Crippen LogP) is 4.92. The van der Waals surface area contributed by atoms with E-state index < -0.39 is 50.3 Å². The average Bonchev–Trinajstić information content (AvgIpc) is 2.71. The van der Waals surface area contributed by atoms with E-state index in [1.165, 1.54) is 31.2 Å². The molecule has 0 N–H and O–H groups in total. The molecule has 0 fully saturated rings. The van der Waals surface area contributed by atoms with Gasteiger partial charge in [-0.3, -0.25) is 4.79 Å². The van der Waals surface area contributed by atoms with Crippen LogP contribution in [0.5, 0.6) is 0 Å². The maximum absolute atomic E-state index is 13.9. The fourth-order valence-electron chi connectivity index (χ4n) is 2.69. The molecule has 1 unspecified atom stereocenters. The zero-order chi connectivity index (χ0) is 23.1. The van der Waals surface area contributed by atoms with Gasteiger partial charge in [-0.15, -0.1) is 0 Å². The minimum atomic E-state index is -5.15. The molecule has 0 aliphatic carbocycles. The molecule has 0 saturated carbocycles. The number of hydrogen-bond donors (Lipinski definition) is 0. The van der Waals surface area contributed by atoms with Gasteiger partial charge in [-0.2, -0.15) is 13.2 Å². The van der Waals surface area contributed by atoms with Gasteiger partial charge in [-0.05, 0) is 30.7 Å². The largest absolute Gasteiger partial charge is 0.488 e. The van der Waals surface area contributed by atoms with Gasteiger partial charge in [0, 0.05) is 6.92 Å². The van der Waals surface area contributed by atoms with Crippen molar-refractivity contribution in [2.75, 3.05) is 6.61 Å². The summed E-state index contributed by atoms with van der Waals surface area (Å²) in [6, 6.07) is 15.0. The van der Waals surface area contributed by atoms with E-state index in [-0.39, 0.29) is 0 Å². The number of benzene rings is 2. The Balaban J connectivity index is 2.78. The second kappa shape index (κ2) is 10.3. The summed E-state index contributed by atoms with van der Waals surface area (Å²) in [6.07, 6.45) is -4.57. The second-order valence-electron chi connectivity index (χ2n) is 6.24. The maximum atomic E-state index is 13.9. The van der Waals surface area contributed by atoms with E-state index in [2.05, 4.69) is 0 Å². The lowest BCUT2D eigenvalue weighted by molar-refractivity contribution is -0.144. The quantitative estimate of drug-likeness (QED) is 0.419. The molecule has 0 heterocycles. The van der Waals surface area contributed by atoms with Crippen LogP contribution in [-0.4, -0.2) is 33.3 Å². The Hall–Kier alpha value is -3.07. The summed E-state index contributed by atoms with van der Waals surface area (Å²) in [7, 11) is -4.75. The fourth-order valence-corrected chi connectivity index (χ4v) is 4.31. The van der Waals surface area contributed by atoms with Crippen molar-refractivity contribution in [1.82, 2.24) is 0 Å². The standard InChI is InChI=1S/C22H21F3O5S/c1-3-29-21(22(23,24)25)20(31(27,28)18-12-8-5-9-13-18)19(30-16(2)26)15-14-17-10-6-4-7-11-17/h4-15,19H,3H2,1-2H3/b15-14+,21-20+. The van der Waals surface area contributed by atoms with Crippen LogP contribution in [0.25, 0.3) is 6.08 Å². The molecule has 0 aliphatic rings. The van der Waals surface area contributed by atoms with Crippen molar-refractivity contribution in [3.8, 4) is 0 Å². The van der Waals surface area contributed by atoms with Gasteiger partial charge in [0.1, 0.15) is 4.91 Å².